The Morgan fingerprint density at radius 3 is 2.77 bits per heavy atom. The van der Waals surface area contributed by atoms with E-state index in [0.717, 1.165) is 19.5 Å². The van der Waals surface area contributed by atoms with E-state index in [9.17, 15) is 9.90 Å². The molecule has 22 heavy (non-hydrogen) atoms. The number of halogens is 1. The number of likely N-dealkylation sites (tertiary alicyclic amines) is 1. The number of hydrogen-bond acceptors (Lipinski definition) is 5. The summed E-state index contributed by atoms with van der Waals surface area (Å²) in [5.74, 6) is 1.29. The van der Waals surface area contributed by atoms with Gasteiger partial charge in [0.2, 0.25) is 11.2 Å². The molecule has 0 bridgehead atoms. The molecular formula is C14H24ClN5O2. The van der Waals surface area contributed by atoms with E-state index >= 15 is 0 Å². The Morgan fingerprint density at radius 1 is 1.45 bits per heavy atom. The standard InChI is InChI=1S/C14H24ClN5O2/c1-19(2)6-10-5-11(9-21)8-20(7-10)13(22)4-3-12-16-14(15)18-17-12/h10-11,21H,3-9H2,1-2H3,(H,16,17,18)/t10-,11-/m1/s1. The molecule has 1 fully saturated rings. The van der Waals surface area contributed by atoms with Gasteiger partial charge in [-0.05, 0) is 44.0 Å². The molecule has 1 aromatic heterocycles. The number of hydrogen-bond donors (Lipinski definition) is 2. The van der Waals surface area contributed by atoms with Crippen LogP contribution < -0.4 is 0 Å². The number of aryl methyl sites for hydroxylation is 1. The number of carbonyl (C=O) groups excluding carboxylic acids is 1. The van der Waals surface area contributed by atoms with Crippen LogP contribution in [0.1, 0.15) is 18.7 Å². The Hall–Kier alpha value is -1.18. The monoisotopic (exact) mass is 329 g/mol. The molecule has 0 aliphatic carbocycles. The Balaban J connectivity index is 1.89. The summed E-state index contributed by atoms with van der Waals surface area (Å²) in [6.45, 7) is 2.45. The fraction of sp³-hybridized carbons (Fsp3) is 0.786. The Morgan fingerprint density at radius 2 is 2.18 bits per heavy atom. The van der Waals surface area contributed by atoms with Gasteiger partial charge < -0.3 is 14.9 Å². The minimum absolute atomic E-state index is 0.0921. The summed E-state index contributed by atoms with van der Waals surface area (Å²) in [4.78, 5) is 20.4. The maximum atomic E-state index is 12.4. The molecule has 2 N–H and O–H groups in total. The van der Waals surface area contributed by atoms with Gasteiger partial charge in [-0.1, -0.05) is 0 Å². The molecule has 0 saturated carbocycles. The summed E-state index contributed by atoms with van der Waals surface area (Å²) in [5, 5.41) is 16.1. The smallest absolute Gasteiger partial charge is 0.242 e. The lowest BCUT2D eigenvalue weighted by Gasteiger charge is -2.38. The second kappa shape index (κ2) is 7.89. The van der Waals surface area contributed by atoms with E-state index in [1.165, 1.54) is 0 Å². The van der Waals surface area contributed by atoms with Gasteiger partial charge >= 0.3 is 0 Å². The fourth-order valence-electron chi connectivity index (χ4n) is 3.07. The van der Waals surface area contributed by atoms with E-state index in [0.29, 0.717) is 31.1 Å². The number of nitrogens with one attached hydrogen (secondary N) is 1. The number of nitrogens with zero attached hydrogens (tertiary/aromatic N) is 4. The van der Waals surface area contributed by atoms with E-state index < -0.39 is 0 Å². The van der Waals surface area contributed by atoms with Crippen LogP contribution in [0.15, 0.2) is 0 Å². The van der Waals surface area contributed by atoms with Crippen molar-refractivity contribution in [2.24, 2.45) is 11.8 Å². The van der Waals surface area contributed by atoms with Crippen LogP contribution in [-0.2, 0) is 11.2 Å². The first kappa shape index (κ1) is 17.2. The minimum atomic E-state index is 0.0921. The van der Waals surface area contributed by atoms with Gasteiger partial charge in [0.25, 0.3) is 0 Å². The van der Waals surface area contributed by atoms with Gasteiger partial charge in [-0.2, -0.15) is 0 Å². The van der Waals surface area contributed by atoms with Crippen molar-refractivity contribution in [2.75, 3.05) is 40.3 Å². The van der Waals surface area contributed by atoms with Crippen molar-refractivity contribution in [2.45, 2.75) is 19.3 Å². The van der Waals surface area contributed by atoms with Gasteiger partial charge in [0.05, 0.1) is 0 Å². The second-order valence-electron chi connectivity index (χ2n) is 6.26. The van der Waals surface area contributed by atoms with Gasteiger partial charge in [0.1, 0.15) is 5.82 Å². The first-order valence-corrected chi connectivity index (χ1v) is 7.96. The van der Waals surface area contributed by atoms with Crippen LogP contribution in [-0.4, -0.2) is 76.3 Å². The van der Waals surface area contributed by atoms with Crippen LogP contribution in [0.25, 0.3) is 0 Å². The lowest BCUT2D eigenvalue weighted by Crippen LogP contribution is -2.47. The normalized spacial score (nSPS) is 22.3. The molecule has 1 aliphatic rings. The molecule has 2 heterocycles. The largest absolute Gasteiger partial charge is 0.396 e. The van der Waals surface area contributed by atoms with Gasteiger partial charge in [0.15, 0.2) is 0 Å². The molecule has 8 heteroatoms. The maximum Gasteiger partial charge on any atom is 0.242 e. The lowest BCUT2D eigenvalue weighted by atomic mass is 9.89. The van der Waals surface area contributed by atoms with Crippen molar-refractivity contribution in [3.05, 3.63) is 11.1 Å². The maximum absolute atomic E-state index is 12.4. The SMILES string of the molecule is CN(C)C[C@H]1C[C@@H](CO)CN(C(=O)CCc2nc(Cl)n[nH]2)C1. The molecule has 2 rings (SSSR count). The number of rotatable bonds is 6. The highest BCUT2D eigenvalue weighted by Crippen LogP contribution is 2.23. The average molecular weight is 330 g/mol. The quantitative estimate of drug-likeness (QED) is 0.789. The van der Waals surface area contributed by atoms with E-state index in [1.54, 1.807) is 0 Å². The molecule has 0 unspecified atom stereocenters. The highest BCUT2D eigenvalue weighted by atomic mass is 35.5. The zero-order valence-corrected chi connectivity index (χ0v) is 13.9. The molecular weight excluding hydrogens is 306 g/mol. The fourth-order valence-corrected chi connectivity index (χ4v) is 3.21. The van der Waals surface area contributed by atoms with E-state index in [-0.39, 0.29) is 23.7 Å². The summed E-state index contributed by atoms with van der Waals surface area (Å²) >= 11 is 5.65. The Labute approximate surface area is 135 Å². The number of carbonyl (C=O) groups is 1. The third-order valence-electron chi connectivity index (χ3n) is 3.94. The van der Waals surface area contributed by atoms with Gasteiger partial charge in [-0.25, -0.2) is 4.98 Å². The average Bonchev–Trinajstić information content (AvgIpc) is 2.89. The van der Waals surface area contributed by atoms with Crippen molar-refractivity contribution >= 4 is 17.5 Å². The Kier molecular flexibility index (Phi) is 6.16. The summed E-state index contributed by atoms with van der Waals surface area (Å²) in [6.07, 6.45) is 1.84. The number of aromatic nitrogens is 3. The van der Waals surface area contributed by atoms with Crippen molar-refractivity contribution in [1.82, 2.24) is 25.0 Å². The first-order chi connectivity index (χ1) is 10.5. The zero-order valence-electron chi connectivity index (χ0n) is 13.1. The van der Waals surface area contributed by atoms with Crippen molar-refractivity contribution in [1.29, 1.82) is 0 Å². The van der Waals surface area contributed by atoms with Crippen LogP contribution in [0.2, 0.25) is 5.28 Å². The first-order valence-electron chi connectivity index (χ1n) is 7.58. The van der Waals surface area contributed by atoms with Crippen LogP contribution in [0.4, 0.5) is 0 Å². The number of aromatic amines is 1. The van der Waals surface area contributed by atoms with Crippen molar-refractivity contribution in [3.8, 4) is 0 Å². The highest BCUT2D eigenvalue weighted by Gasteiger charge is 2.29. The van der Waals surface area contributed by atoms with Crippen LogP contribution in [0.5, 0.6) is 0 Å². The van der Waals surface area contributed by atoms with Crippen LogP contribution in [0, 0.1) is 11.8 Å². The van der Waals surface area contributed by atoms with Crippen LogP contribution >= 0.6 is 11.6 Å². The topological polar surface area (TPSA) is 85.3 Å². The number of H-pyrrole nitrogens is 1. The molecule has 0 spiro atoms. The lowest BCUT2D eigenvalue weighted by molar-refractivity contribution is -0.134. The summed E-state index contributed by atoms with van der Waals surface area (Å²) in [6, 6.07) is 0. The van der Waals surface area contributed by atoms with E-state index in [2.05, 4.69) is 20.1 Å². The predicted octanol–water partition coefficient (Wildman–Crippen LogP) is 0.409. The second-order valence-corrected chi connectivity index (χ2v) is 6.60. The van der Waals surface area contributed by atoms with E-state index in [1.807, 2.05) is 19.0 Å². The highest BCUT2D eigenvalue weighted by molar-refractivity contribution is 6.28. The van der Waals surface area contributed by atoms with Gasteiger partial charge in [-0.15, -0.1) is 5.10 Å². The molecule has 1 saturated heterocycles. The van der Waals surface area contributed by atoms with E-state index in [4.69, 9.17) is 11.6 Å². The van der Waals surface area contributed by atoms with Gasteiger partial charge in [-0.3, -0.25) is 9.89 Å². The number of amides is 1. The number of aliphatic hydroxyl groups is 1. The molecule has 7 nitrogen and oxygen atoms in total. The number of piperidine rings is 1. The summed E-state index contributed by atoms with van der Waals surface area (Å²) in [7, 11) is 4.06. The molecule has 1 amide bonds. The molecule has 0 aromatic carbocycles. The molecule has 0 radical (unpaired) electrons. The predicted molar refractivity (Wildman–Crippen MR) is 83.5 cm³/mol. The number of aliphatic hydroxyl groups excluding tert-OH is 1. The van der Waals surface area contributed by atoms with Gasteiger partial charge in [0, 0.05) is 39.1 Å². The summed E-state index contributed by atoms with van der Waals surface area (Å²) in [5.41, 5.74) is 0. The van der Waals surface area contributed by atoms with Crippen LogP contribution in [0.3, 0.4) is 0 Å². The third kappa shape index (κ3) is 4.93. The molecule has 1 aliphatic heterocycles. The molecule has 2 atom stereocenters. The molecule has 124 valence electrons. The third-order valence-corrected chi connectivity index (χ3v) is 4.11. The Bertz CT molecular complexity index is 493. The van der Waals surface area contributed by atoms with Crippen molar-refractivity contribution in [3.63, 3.8) is 0 Å². The summed E-state index contributed by atoms with van der Waals surface area (Å²) < 4.78 is 0. The molecule has 1 aromatic rings. The minimum Gasteiger partial charge on any atom is -0.396 e. The van der Waals surface area contributed by atoms with Crippen molar-refractivity contribution < 1.29 is 9.90 Å². The zero-order chi connectivity index (χ0) is 16.1.